The van der Waals surface area contributed by atoms with Crippen molar-refractivity contribution >= 4 is 0 Å². The zero-order valence-electron chi connectivity index (χ0n) is 10.9. The van der Waals surface area contributed by atoms with Crippen LogP contribution in [0.15, 0.2) is 0 Å². The van der Waals surface area contributed by atoms with Gasteiger partial charge in [0, 0.05) is 25.2 Å². The zero-order chi connectivity index (χ0) is 11.5. The van der Waals surface area contributed by atoms with Crippen LogP contribution in [-0.2, 0) is 0 Å². The number of nitrogens with two attached hydrogens (primary N) is 1. The summed E-state index contributed by atoms with van der Waals surface area (Å²) in [6, 6.07) is 1.25. The highest BCUT2D eigenvalue weighted by Crippen LogP contribution is 2.28. The number of hydrogen-bond acceptors (Lipinski definition) is 3. The van der Waals surface area contributed by atoms with E-state index in [0.29, 0.717) is 6.04 Å². The van der Waals surface area contributed by atoms with Crippen molar-refractivity contribution in [3.05, 3.63) is 0 Å². The minimum absolute atomic E-state index is 0.473. The van der Waals surface area contributed by atoms with Crippen LogP contribution >= 0.6 is 0 Å². The zero-order valence-corrected chi connectivity index (χ0v) is 10.9. The van der Waals surface area contributed by atoms with Gasteiger partial charge in [-0.25, -0.2) is 0 Å². The Morgan fingerprint density at radius 3 is 2.62 bits per heavy atom. The third-order valence-corrected chi connectivity index (χ3v) is 4.26. The average molecular weight is 225 g/mol. The standard InChI is InChI=1S/C13H27N3/c1-15(2)10-12-6-4-8-16(12)9-11-5-3-7-13(11)14/h11-13H,3-10,14H2,1-2H3. The van der Waals surface area contributed by atoms with E-state index in [9.17, 15) is 0 Å². The van der Waals surface area contributed by atoms with Gasteiger partial charge in [-0.3, -0.25) is 4.90 Å². The molecular weight excluding hydrogens is 198 g/mol. The molecule has 1 saturated heterocycles. The maximum Gasteiger partial charge on any atom is 0.0223 e. The summed E-state index contributed by atoms with van der Waals surface area (Å²) in [5, 5.41) is 0. The molecule has 1 aliphatic heterocycles. The molecule has 0 aromatic rings. The van der Waals surface area contributed by atoms with Crippen molar-refractivity contribution in [2.75, 3.05) is 33.7 Å². The van der Waals surface area contributed by atoms with Crippen LogP contribution in [0.4, 0.5) is 0 Å². The SMILES string of the molecule is CN(C)CC1CCCN1CC1CCCC1N. The van der Waals surface area contributed by atoms with E-state index < -0.39 is 0 Å². The van der Waals surface area contributed by atoms with E-state index in [-0.39, 0.29) is 0 Å². The summed E-state index contributed by atoms with van der Waals surface area (Å²) >= 11 is 0. The van der Waals surface area contributed by atoms with E-state index >= 15 is 0 Å². The fourth-order valence-corrected chi connectivity index (χ4v) is 3.36. The molecule has 1 aliphatic carbocycles. The fourth-order valence-electron chi connectivity index (χ4n) is 3.36. The highest BCUT2D eigenvalue weighted by Gasteiger charge is 2.31. The number of likely N-dealkylation sites (tertiary alicyclic amines) is 1. The molecule has 3 heteroatoms. The average Bonchev–Trinajstić information content (AvgIpc) is 2.78. The topological polar surface area (TPSA) is 32.5 Å². The van der Waals surface area contributed by atoms with E-state index in [1.807, 2.05) is 0 Å². The third kappa shape index (κ3) is 2.96. The molecule has 16 heavy (non-hydrogen) atoms. The van der Waals surface area contributed by atoms with Crippen molar-refractivity contribution in [1.82, 2.24) is 9.80 Å². The minimum atomic E-state index is 0.473. The van der Waals surface area contributed by atoms with Gasteiger partial charge in [0.1, 0.15) is 0 Å². The first-order valence-electron chi connectivity index (χ1n) is 6.81. The van der Waals surface area contributed by atoms with Crippen molar-refractivity contribution in [1.29, 1.82) is 0 Å². The minimum Gasteiger partial charge on any atom is -0.327 e. The van der Waals surface area contributed by atoms with E-state index in [1.165, 1.54) is 51.7 Å². The van der Waals surface area contributed by atoms with E-state index in [1.54, 1.807) is 0 Å². The van der Waals surface area contributed by atoms with Crippen molar-refractivity contribution in [2.45, 2.75) is 44.2 Å². The quantitative estimate of drug-likeness (QED) is 0.779. The van der Waals surface area contributed by atoms with Gasteiger partial charge >= 0.3 is 0 Å². The van der Waals surface area contributed by atoms with Gasteiger partial charge < -0.3 is 10.6 Å². The monoisotopic (exact) mass is 225 g/mol. The molecule has 0 radical (unpaired) electrons. The lowest BCUT2D eigenvalue weighted by Gasteiger charge is -2.30. The van der Waals surface area contributed by atoms with Gasteiger partial charge in [-0.15, -0.1) is 0 Å². The van der Waals surface area contributed by atoms with Crippen LogP contribution in [0.2, 0.25) is 0 Å². The van der Waals surface area contributed by atoms with Crippen molar-refractivity contribution in [3.63, 3.8) is 0 Å². The molecule has 3 unspecified atom stereocenters. The lowest BCUT2D eigenvalue weighted by Crippen LogP contribution is -2.42. The molecule has 2 rings (SSSR count). The molecule has 0 spiro atoms. The lowest BCUT2D eigenvalue weighted by atomic mass is 10.0. The highest BCUT2D eigenvalue weighted by molar-refractivity contribution is 4.87. The molecule has 1 saturated carbocycles. The number of rotatable bonds is 4. The van der Waals surface area contributed by atoms with Crippen LogP contribution in [0, 0.1) is 5.92 Å². The molecule has 0 aromatic heterocycles. The largest absolute Gasteiger partial charge is 0.327 e. The molecule has 0 aromatic carbocycles. The van der Waals surface area contributed by atoms with Gasteiger partial charge in [0.2, 0.25) is 0 Å². The fraction of sp³-hybridized carbons (Fsp3) is 1.00. The number of hydrogen-bond donors (Lipinski definition) is 1. The van der Waals surface area contributed by atoms with Gasteiger partial charge in [-0.05, 0) is 52.2 Å². The lowest BCUT2D eigenvalue weighted by molar-refractivity contribution is 0.177. The van der Waals surface area contributed by atoms with Crippen LogP contribution in [0.1, 0.15) is 32.1 Å². The number of likely N-dealkylation sites (N-methyl/N-ethyl adjacent to an activating group) is 1. The molecule has 3 atom stereocenters. The molecule has 0 bridgehead atoms. The Balaban J connectivity index is 1.83. The second-order valence-corrected chi connectivity index (χ2v) is 5.91. The molecule has 3 nitrogen and oxygen atoms in total. The predicted octanol–water partition coefficient (Wildman–Crippen LogP) is 1.14. The van der Waals surface area contributed by atoms with E-state index in [4.69, 9.17) is 5.73 Å². The predicted molar refractivity (Wildman–Crippen MR) is 68.5 cm³/mol. The van der Waals surface area contributed by atoms with Crippen LogP contribution in [-0.4, -0.2) is 55.6 Å². The first-order chi connectivity index (χ1) is 7.66. The molecule has 94 valence electrons. The van der Waals surface area contributed by atoms with Crippen LogP contribution in [0.3, 0.4) is 0 Å². The Hall–Kier alpha value is -0.120. The summed E-state index contributed by atoms with van der Waals surface area (Å²) < 4.78 is 0. The Morgan fingerprint density at radius 1 is 1.19 bits per heavy atom. The Morgan fingerprint density at radius 2 is 2.00 bits per heavy atom. The van der Waals surface area contributed by atoms with Crippen LogP contribution in [0.25, 0.3) is 0 Å². The van der Waals surface area contributed by atoms with Gasteiger partial charge in [-0.1, -0.05) is 6.42 Å². The van der Waals surface area contributed by atoms with Crippen molar-refractivity contribution in [2.24, 2.45) is 11.7 Å². The second kappa shape index (κ2) is 5.48. The summed E-state index contributed by atoms with van der Waals surface area (Å²) in [7, 11) is 4.36. The second-order valence-electron chi connectivity index (χ2n) is 5.91. The first-order valence-corrected chi connectivity index (χ1v) is 6.81. The summed E-state index contributed by atoms with van der Waals surface area (Å²) in [4.78, 5) is 5.01. The smallest absolute Gasteiger partial charge is 0.0223 e. The molecule has 0 amide bonds. The van der Waals surface area contributed by atoms with Gasteiger partial charge in [0.15, 0.2) is 0 Å². The highest BCUT2D eigenvalue weighted by atomic mass is 15.2. The molecule has 2 fully saturated rings. The summed E-state index contributed by atoms with van der Waals surface area (Å²) in [6.45, 7) is 3.75. The first kappa shape index (κ1) is 12.3. The van der Waals surface area contributed by atoms with Crippen LogP contribution in [0.5, 0.6) is 0 Å². The summed E-state index contributed by atoms with van der Waals surface area (Å²) in [6.07, 6.45) is 6.70. The van der Waals surface area contributed by atoms with Gasteiger partial charge in [-0.2, -0.15) is 0 Å². The summed E-state index contributed by atoms with van der Waals surface area (Å²) in [5.41, 5.74) is 6.17. The van der Waals surface area contributed by atoms with Crippen molar-refractivity contribution in [3.8, 4) is 0 Å². The van der Waals surface area contributed by atoms with Crippen LogP contribution < -0.4 is 5.73 Å². The summed E-state index contributed by atoms with van der Waals surface area (Å²) in [5.74, 6) is 0.766. The Kier molecular flexibility index (Phi) is 4.22. The molecule has 2 N–H and O–H groups in total. The van der Waals surface area contributed by atoms with Gasteiger partial charge in [0.25, 0.3) is 0 Å². The maximum absolute atomic E-state index is 6.17. The molecule has 1 heterocycles. The molecular formula is C13H27N3. The van der Waals surface area contributed by atoms with Crippen molar-refractivity contribution < 1.29 is 0 Å². The Labute approximate surface area is 100.0 Å². The third-order valence-electron chi connectivity index (χ3n) is 4.26. The maximum atomic E-state index is 6.17. The van der Waals surface area contributed by atoms with E-state index in [2.05, 4.69) is 23.9 Å². The molecule has 2 aliphatic rings. The van der Waals surface area contributed by atoms with Gasteiger partial charge in [0.05, 0.1) is 0 Å². The Bertz CT molecular complexity index is 217. The number of nitrogens with zero attached hydrogens (tertiary/aromatic N) is 2. The normalized spacial score (nSPS) is 36.4. The van der Waals surface area contributed by atoms with E-state index in [0.717, 1.165) is 12.0 Å².